The zero-order valence-electron chi connectivity index (χ0n) is 14.4. The number of rotatable bonds is 7. The van der Waals surface area contributed by atoms with Crippen LogP contribution in [-0.4, -0.2) is 25.1 Å². The van der Waals surface area contributed by atoms with Crippen LogP contribution < -0.4 is 10.1 Å². The summed E-state index contributed by atoms with van der Waals surface area (Å²) >= 11 is 11.9. The minimum Gasteiger partial charge on any atom is -0.480 e. The summed E-state index contributed by atoms with van der Waals surface area (Å²) in [5.74, 6) is -0.685. The van der Waals surface area contributed by atoms with E-state index >= 15 is 0 Å². The molecule has 0 radical (unpaired) electrons. The van der Waals surface area contributed by atoms with Crippen LogP contribution in [0, 0.1) is 6.92 Å². The molecular weight excluding hydrogens is 377 g/mol. The lowest BCUT2D eigenvalue weighted by molar-refractivity contribution is -0.150. The minimum absolute atomic E-state index is 0.262. The van der Waals surface area contributed by atoms with E-state index in [9.17, 15) is 9.59 Å². The maximum Gasteiger partial charge on any atom is 0.344 e. The third kappa shape index (κ3) is 6.24. The summed E-state index contributed by atoms with van der Waals surface area (Å²) in [7, 11) is 0. The van der Waals surface area contributed by atoms with Crippen molar-refractivity contribution >= 4 is 35.1 Å². The van der Waals surface area contributed by atoms with E-state index in [1.54, 1.807) is 30.3 Å². The number of ether oxygens (including phenoxy) is 2. The van der Waals surface area contributed by atoms with Gasteiger partial charge < -0.3 is 14.8 Å². The third-order valence-corrected chi connectivity index (χ3v) is 4.07. The largest absolute Gasteiger partial charge is 0.480 e. The van der Waals surface area contributed by atoms with Crippen LogP contribution in [-0.2, 0) is 14.3 Å². The Morgan fingerprint density at radius 1 is 1.12 bits per heavy atom. The van der Waals surface area contributed by atoms with E-state index in [4.69, 9.17) is 32.7 Å². The van der Waals surface area contributed by atoms with E-state index in [1.165, 1.54) is 0 Å². The van der Waals surface area contributed by atoms with Gasteiger partial charge in [0, 0.05) is 5.02 Å². The lowest BCUT2D eigenvalue weighted by Gasteiger charge is -2.15. The predicted octanol–water partition coefficient (Wildman–Crippen LogP) is 4.10. The van der Waals surface area contributed by atoms with Gasteiger partial charge in [0.25, 0.3) is 5.91 Å². The zero-order valence-corrected chi connectivity index (χ0v) is 15.9. The molecular formula is C19H19Cl2NO4. The highest BCUT2D eigenvalue weighted by atomic mass is 35.5. The number of nitrogens with one attached hydrogen (secondary N) is 1. The molecule has 1 N–H and O–H groups in total. The fourth-order valence-electron chi connectivity index (χ4n) is 2.19. The van der Waals surface area contributed by atoms with Crippen LogP contribution in [0.5, 0.6) is 5.75 Å². The number of benzene rings is 2. The third-order valence-electron chi connectivity index (χ3n) is 3.52. The van der Waals surface area contributed by atoms with E-state index in [-0.39, 0.29) is 12.6 Å². The van der Waals surface area contributed by atoms with Crippen LogP contribution in [0.2, 0.25) is 10.0 Å². The fraction of sp³-hybridized carbons (Fsp3) is 0.263. The Morgan fingerprint density at radius 2 is 1.88 bits per heavy atom. The van der Waals surface area contributed by atoms with Gasteiger partial charge in [-0.15, -0.1) is 0 Å². The van der Waals surface area contributed by atoms with E-state index in [0.717, 1.165) is 11.1 Å². The van der Waals surface area contributed by atoms with Crippen molar-refractivity contribution in [2.75, 3.05) is 13.2 Å². The molecule has 0 unspecified atom stereocenters. The Bertz CT molecular complexity index is 795. The van der Waals surface area contributed by atoms with Gasteiger partial charge >= 0.3 is 5.97 Å². The summed E-state index contributed by atoms with van der Waals surface area (Å²) < 4.78 is 10.2. The van der Waals surface area contributed by atoms with Crippen LogP contribution in [0.15, 0.2) is 42.5 Å². The number of hydrogen-bond acceptors (Lipinski definition) is 4. The second-order valence-corrected chi connectivity index (χ2v) is 6.57. The van der Waals surface area contributed by atoms with Gasteiger partial charge in [-0.3, -0.25) is 4.79 Å². The van der Waals surface area contributed by atoms with E-state index in [1.807, 2.05) is 26.0 Å². The SMILES string of the molecule is Cc1ccc(Cl)c(OCC(=O)OCC(=O)N[C@H](C)c2cccc(Cl)c2)c1. The second kappa shape index (κ2) is 9.46. The molecule has 0 aliphatic rings. The molecule has 0 aliphatic carbocycles. The highest BCUT2D eigenvalue weighted by molar-refractivity contribution is 6.32. The Labute approximate surface area is 162 Å². The lowest BCUT2D eigenvalue weighted by Crippen LogP contribution is -2.31. The van der Waals surface area contributed by atoms with Crippen molar-refractivity contribution in [1.82, 2.24) is 5.32 Å². The molecule has 0 heterocycles. The molecule has 0 bridgehead atoms. The Kier molecular flexibility index (Phi) is 7.30. The number of halogens is 2. The van der Waals surface area contributed by atoms with Gasteiger partial charge in [0.05, 0.1) is 11.1 Å². The first-order chi connectivity index (χ1) is 12.3. The van der Waals surface area contributed by atoms with Crippen LogP contribution in [0.1, 0.15) is 24.1 Å². The molecule has 2 aromatic carbocycles. The van der Waals surface area contributed by atoms with Crippen molar-refractivity contribution in [2.24, 2.45) is 0 Å². The molecule has 26 heavy (non-hydrogen) atoms. The molecule has 7 heteroatoms. The fourth-order valence-corrected chi connectivity index (χ4v) is 2.56. The first-order valence-corrected chi connectivity index (χ1v) is 8.70. The standard InChI is InChI=1S/C19H19Cl2NO4/c1-12-6-7-16(21)17(8-12)25-11-19(24)26-10-18(23)22-13(2)14-4-3-5-15(20)9-14/h3-9,13H,10-11H2,1-2H3,(H,22,23)/t13-/m1/s1. The van der Waals surface area contributed by atoms with E-state index in [0.29, 0.717) is 15.8 Å². The van der Waals surface area contributed by atoms with Gasteiger partial charge in [0.2, 0.25) is 0 Å². The van der Waals surface area contributed by atoms with Crippen molar-refractivity contribution in [2.45, 2.75) is 19.9 Å². The molecule has 0 aliphatic heterocycles. The first kappa shape index (κ1) is 20.1. The van der Waals surface area contributed by atoms with Crippen LogP contribution in [0.3, 0.4) is 0 Å². The van der Waals surface area contributed by atoms with E-state index in [2.05, 4.69) is 5.32 Å². The average molecular weight is 396 g/mol. The Balaban J connectivity index is 1.76. The maximum atomic E-state index is 11.9. The quantitative estimate of drug-likeness (QED) is 0.716. The van der Waals surface area contributed by atoms with Crippen LogP contribution in [0.25, 0.3) is 0 Å². The number of amides is 1. The molecule has 2 aromatic rings. The van der Waals surface area contributed by atoms with Crippen LogP contribution in [0.4, 0.5) is 0 Å². The van der Waals surface area contributed by atoms with Crippen molar-refractivity contribution < 1.29 is 19.1 Å². The highest BCUT2D eigenvalue weighted by Crippen LogP contribution is 2.25. The number of esters is 1. The van der Waals surface area contributed by atoms with Crippen LogP contribution >= 0.6 is 23.2 Å². The number of carbonyl (C=O) groups excluding carboxylic acids is 2. The summed E-state index contributed by atoms with van der Waals surface area (Å²) in [6, 6.07) is 12.1. The average Bonchev–Trinajstić information content (AvgIpc) is 2.60. The molecule has 0 saturated carbocycles. The van der Waals surface area contributed by atoms with Gasteiger partial charge in [-0.1, -0.05) is 41.4 Å². The van der Waals surface area contributed by atoms with Gasteiger partial charge in [0.1, 0.15) is 5.75 Å². The van der Waals surface area contributed by atoms with Crippen molar-refractivity contribution in [3.8, 4) is 5.75 Å². The lowest BCUT2D eigenvalue weighted by atomic mass is 10.1. The Morgan fingerprint density at radius 3 is 2.62 bits per heavy atom. The van der Waals surface area contributed by atoms with Crippen molar-refractivity contribution in [3.05, 3.63) is 63.6 Å². The smallest absolute Gasteiger partial charge is 0.344 e. The normalized spacial score (nSPS) is 11.5. The first-order valence-electron chi connectivity index (χ1n) is 7.94. The van der Waals surface area contributed by atoms with Crippen molar-refractivity contribution in [3.63, 3.8) is 0 Å². The summed E-state index contributed by atoms with van der Waals surface area (Å²) in [4.78, 5) is 23.6. The number of hydrogen-bond donors (Lipinski definition) is 1. The molecule has 0 aromatic heterocycles. The topological polar surface area (TPSA) is 64.6 Å². The summed E-state index contributed by atoms with van der Waals surface area (Å²) in [6.45, 7) is 2.97. The minimum atomic E-state index is -0.659. The second-order valence-electron chi connectivity index (χ2n) is 5.73. The monoisotopic (exact) mass is 395 g/mol. The summed E-state index contributed by atoms with van der Waals surface area (Å²) in [5.41, 5.74) is 1.81. The Hall–Kier alpha value is -2.24. The predicted molar refractivity (Wildman–Crippen MR) is 101 cm³/mol. The molecule has 5 nitrogen and oxygen atoms in total. The molecule has 1 atom stereocenters. The molecule has 2 rings (SSSR count). The summed E-state index contributed by atoms with van der Waals surface area (Å²) in [6.07, 6.45) is 0. The highest BCUT2D eigenvalue weighted by Gasteiger charge is 2.13. The number of carbonyl (C=O) groups is 2. The maximum absolute atomic E-state index is 11.9. The molecule has 138 valence electrons. The molecule has 0 fully saturated rings. The van der Waals surface area contributed by atoms with E-state index < -0.39 is 18.5 Å². The molecule has 0 saturated heterocycles. The van der Waals surface area contributed by atoms with Gasteiger partial charge in [-0.2, -0.15) is 0 Å². The molecule has 1 amide bonds. The van der Waals surface area contributed by atoms with Crippen molar-refractivity contribution in [1.29, 1.82) is 0 Å². The zero-order chi connectivity index (χ0) is 19.1. The van der Waals surface area contributed by atoms with Gasteiger partial charge in [0.15, 0.2) is 13.2 Å². The molecule has 0 spiro atoms. The summed E-state index contributed by atoms with van der Waals surface area (Å²) in [5, 5.41) is 3.72. The van der Waals surface area contributed by atoms with Gasteiger partial charge in [-0.25, -0.2) is 4.79 Å². The van der Waals surface area contributed by atoms with Gasteiger partial charge in [-0.05, 0) is 49.2 Å². The number of aryl methyl sites for hydroxylation is 1.